The molecule has 0 aromatic carbocycles. The maximum atomic E-state index is 9.39. The molecule has 0 bridgehead atoms. The maximum absolute atomic E-state index is 9.39. The Morgan fingerprint density at radius 1 is 1.47 bits per heavy atom. The van der Waals surface area contributed by atoms with Gasteiger partial charge in [-0.1, -0.05) is 25.4 Å². The third kappa shape index (κ3) is 2.87. The fraction of sp³-hybridized carbons (Fsp3) is 0.667. The Hall–Kier alpha value is -0.870. The van der Waals surface area contributed by atoms with Gasteiger partial charge in [0.1, 0.15) is 17.3 Å². The fourth-order valence-corrected chi connectivity index (χ4v) is 2.14. The molecule has 2 rings (SSSR count). The van der Waals surface area contributed by atoms with E-state index in [2.05, 4.69) is 28.7 Å². The monoisotopic (exact) mass is 255 g/mol. The van der Waals surface area contributed by atoms with E-state index in [0.29, 0.717) is 22.7 Å². The second-order valence-corrected chi connectivity index (χ2v) is 5.26. The lowest BCUT2D eigenvalue weighted by molar-refractivity contribution is 0.281. The zero-order valence-electron chi connectivity index (χ0n) is 10.2. The van der Waals surface area contributed by atoms with Crippen LogP contribution in [0, 0.1) is 5.92 Å². The average molecular weight is 256 g/mol. The van der Waals surface area contributed by atoms with Crippen molar-refractivity contribution in [3.63, 3.8) is 0 Å². The second kappa shape index (κ2) is 5.19. The van der Waals surface area contributed by atoms with Crippen LogP contribution < -0.4 is 4.90 Å². The van der Waals surface area contributed by atoms with Gasteiger partial charge in [-0.25, -0.2) is 9.97 Å². The summed E-state index contributed by atoms with van der Waals surface area (Å²) < 4.78 is 0. The van der Waals surface area contributed by atoms with Crippen molar-refractivity contribution in [1.29, 1.82) is 0 Å². The number of anilines is 1. The number of halogens is 1. The van der Waals surface area contributed by atoms with Crippen LogP contribution >= 0.6 is 11.6 Å². The van der Waals surface area contributed by atoms with Gasteiger partial charge in [0.2, 0.25) is 0 Å². The summed E-state index contributed by atoms with van der Waals surface area (Å²) in [7, 11) is 0. The van der Waals surface area contributed by atoms with Gasteiger partial charge in [0.05, 0.1) is 12.2 Å². The minimum atomic E-state index is -0.115. The molecule has 1 aromatic heterocycles. The van der Waals surface area contributed by atoms with Crippen molar-refractivity contribution in [2.75, 3.05) is 11.4 Å². The topological polar surface area (TPSA) is 49.2 Å². The smallest absolute Gasteiger partial charge is 0.140 e. The van der Waals surface area contributed by atoms with E-state index in [1.165, 1.54) is 19.2 Å². The van der Waals surface area contributed by atoms with Crippen molar-refractivity contribution < 1.29 is 5.11 Å². The normalized spacial score (nSPS) is 15.4. The van der Waals surface area contributed by atoms with E-state index in [-0.39, 0.29) is 6.61 Å². The summed E-state index contributed by atoms with van der Waals surface area (Å²) in [5.41, 5.74) is 0.640. The zero-order valence-corrected chi connectivity index (χ0v) is 11.0. The van der Waals surface area contributed by atoms with Crippen LogP contribution in [-0.4, -0.2) is 27.7 Å². The van der Waals surface area contributed by atoms with Crippen molar-refractivity contribution in [2.24, 2.45) is 5.92 Å². The molecule has 1 aromatic rings. The fourth-order valence-electron chi connectivity index (χ4n) is 1.95. The van der Waals surface area contributed by atoms with Gasteiger partial charge < -0.3 is 10.0 Å². The van der Waals surface area contributed by atoms with Gasteiger partial charge in [0.15, 0.2) is 0 Å². The molecule has 0 aliphatic heterocycles. The minimum absolute atomic E-state index is 0.115. The number of hydrogen-bond donors (Lipinski definition) is 1. The van der Waals surface area contributed by atoms with Crippen LogP contribution in [0.5, 0.6) is 0 Å². The summed E-state index contributed by atoms with van der Waals surface area (Å²) in [6.45, 7) is 5.18. The van der Waals surface area contributed by atoms with Crippen LogP contribution in [0.25, 0.3) is 0 Å². The van der Waals surface area contributed by atoms with Gasteiger partial charge >= 0.3 is 0 Å². The van der Waals surface area contributed by atoms with Crippen molar-refractivity contribution in [3.8, 4) is 0 Å². The highest BCUT2D eigenvalue weighted by Gasteiger charge is 2.32. The van der Waals surface area contributed by atoms with E-state index in [1.54, 1.807) is 0 Å². The van der Waals surface area contributed by atoms with E-state index >= 15 is 0 Å². The molecule has 1 aliphatic rings. The number of aliphatic hydroxyl groups excluding tert-OH is 1. The van der Waals surface area contributed by atoms with Gasteiger partial charge in [-0.2, -0.15) is 0 Å². The minimum Gasteiger partial charge on any atom is -0.391 e. The molecule has 0 spiro atoms. The molecule has 1 N–H and O–H groups in total. The van der Waals surface area contributed by atoms with E-state index in [0.717, 1.165) is 12.4 Å². The summed E-state index contributed by atoms with van der Waals surface area (Å²) in [5.74, 6) is 1.35. The van der Waals surface area contributed by atoms with Gasteiger partial charge in [0, 0.05) is 12.6 Å². The molecule has 1 aliphatic carbocycles. The van der Waals surface area contributed by atoms with Gasteiger partial charge in [-0.05, 0) is 18.8 Å². The predicted molar refractivity (Wildman–Crippen MR) is 68.2 cm³/mol. The highest BCUT2D eigenvalue weighted by molar-refractivity contribution is 6.30. The molecule has 5 heteroatoms. The molecule has 0 unspecified atom stereocenters. The van der Waals surface area contributed by atoms with Crippen molar-refractivity contribution in [3.05, 3.63) is 17.0 Å². The molecule has 1 saturated carbocycles. The predicted octanol–water partition coefficient (Wildman–Crippen LogP) is 2.25. The lowest BCUT2D eigenvalue weighted by atomic mass is 10.2. The largest absolute Gasteiger partial charge is 0.391 e. The zero-order chi connectivity index (χ0) is 12.4. The number of hydrogen-bond acceptors (Lipinski definition) is 4. The van der Waals surface area contributed by atoms with Crippen LogP contribution in [0.4, 0.5) is 5.82 Å². The molecule has 17 heavy (non-hydrogen) atoms. The number of rotatable bonds is 5. The number of nitrogens with zero attached hydrogens (tertiary/aromatic N) is 3. The van der Waals surface area contributed by atoms with Crippen molar-refractivity contribution >= 4 is 17.4 Å². The summed E-state index contributed by atoms with van der Waals surface area (Å²) in [4.78, 5) is 10.5. The molecule has 0 radical (unpaired) electrons. The van der Waals surface area contributed by atoms with Crippen molar-refractivity contribution in [2.45, 2.75) is 39.3 Å². The molecule has 4 nitrogen and oxygen atoms in total. The van der Waals surface area contributed by atoms with E-state index < -0.39 is 0 Å². The highest BCUT2D eigenvalue weighted by atomic mass is 35.5. The first kappa shape index (κ1) is 12.6. The first-order valence-corrected chi connectivity index (χ1v) is 6.38. The molecule has 0 saturated heterocycles. The number of aromatic nitrogens is 2. The lowest BCUT2D eigenvalue weighted by Crippen LogP contribution is -2.31. The van der Waals surface area contributed by atoms with E-state index in [9.17, 15) is 5.11 Å². The first-order valence-electron chi connectivity index (χ1n) is 6.00. The van der Waals surface area contributed by atoms with Crippen LogP contribution in [0.3, 0.4) is 0 Å². The van der Waals surface area contributed by atoms with Gasteiger partial charge in [-0.3, -0.25) is 0 Å². The van der Waals surface area contributed by atoms with Crippen molar-refractivity contribution in [1.82, 2.24) is 9.97 Å². The van der Waals surface area contributed by atoms with Gasteiger partial charge in [-0.15, -0.1) is 0 Å². The Labute approximate surface area is 107 Å². The lowest BCUT2D eigenvalue weighted by Gasteiger charge is -2.27. The van der Waals surface area contributed by atoms with Crippen LogP contribution in [0.15, 0.2) is 6.33 Å². The quantitative estimate of drug-likeness (QED) is 0.820. The summed E-state index contributed by atoms with van der Waals surface area (Å²) in [5, 5.41) is 9.75. The molecule has 0 atom stereocenters. The Balaban J connectivity index is 2.31. The molecule has 1 heterocycles. The summed E-state index contributed by atoms with van der Waals surface area (Å²) in [6, 6.07) is 0.550. The Bertz CT molecular complexity index is 393. The summed E-state index contributed by atoms with van der Waals surface area (Å²) in [6.07, 6.45) is 3.85. The SMILES string of the molecule is CC(C)CN(c1ncnc(Cl)c1CO)C1CC1. The molecular formula is C12H18ClN3O. The van der Waals surface area contributed by atoms with Gasteiger partial charge in [0.25, 0.3) is 0 Å². The molecular weight excluding hydrogens is 238 g/mol. The van der Waals surface area contributed by atoms with Crippen LogP contribution in [0.1, 0.15) is 32.3 Å². The van der Waals surface area contributed by atoms with Crippen LogP contribution in [0.2, 0.25) is 5.15 Å². The second-order valence-electron chi connectivity index (χ2n) is 4.90. The molecule has 0 amide bonds. The van der Waals surface area contributed by atoms with E-state index in [1.807, 2.05) is 0 Å². The first-order chi connectivity index (χ1) is 8.13. The third-order valence-electron chi connectivity index (χ3n) is 2.85. The van der Waals surface area contributed by atoms with E-state index in [4.69, 9.17) is 11.6 Å². The summed E-state index contributed by atoms with van der Waals surface area (Å²) >= 11 is 6.00. The Morgan fingerprint density at radius 3 is 2.71 bits per heavy atom. The molecule has 94 valence electrons. The standard InChI is InChI=1S/C12H18ClN3O/c1-8(2)5-16(9-3-4-9)12-10(6-17)11(13)14-7-15-12/h7-9,17H,3-6H2,1-2H3. The Morgan fingerprint density at radius 2 is 2.18 bits per heavy atom. The average Bonchev–Trinajstić information content (AvgIpc) is 3.09. The third-order valence-corrected chi connectivity index (χ3v) is 3.18. The molecule has 1 fully saturated rings. The maximum Gasteiger partial charge on any atom is 0.140 e. The number of aliphatic hydroxyl groups is 1. The highest BCUT2D eigenvalue weighted by Crippen LogP contribution is 2.34. The van der Waals surface area contributed by atoms with Crippen LogP contribution in [-0.2, 0) is 6.61 Å². The Kier molecular flexibility index (Phi) is 3.84.